The summed E-state index contributed by atoms with van der Waals surface area (Å²) in [6, 6.07) is 0. The van der Waals surface area contributed by atoms with Crippen molar-refractivity contribution in [3.63, 3.8) is 0 Å². The molecule has 0 amide bonds. The zero-order valence-corrected chi connectivity index (χ0v) is 10.4. The summed E-state index contributed by atoms with van der Waals surface area (Å²) in [5.74, 6) is 0. The van der Waals surface area contributed by atoms with Gasteiger partial charge in [0.1, 0.15) is 0 Å². The maximum atomic E-state index is 10.3. The molecule has 1 N–H and O–H groups in total. The van der Waals surface area contributed by atoms with Gasteiger partial charge in [0.15, 0.2) is 0 Å². The van der Waals surface area contributed by atoms with Crippen molar-refractivity contribution in [2.24, 2.45) is 0 Å². The molecule has 2 nitrogen and oxygen atoms in total. The van der Waals surface area contributed by atoms with Crippen LogP contribution in [0.3, 0.4) is 0 Å². The van der Waals surface area contributed by atoms with Gasteiger partial charge < -0.3 is 9.84 Å². The summed E-state index contributed by atoms with van der Waals surface area (Å²) in [6.45, 7) is 3.42. The van der Waals surface area contributed by atoms with Gasteiger partial charge in [0.05, 0.1) is 17.5 Å². The number of aliphatic hydroxyl groups is 1. The first kappa shape index (κ1) is 11.7. The molecule has 2 fully saturated rings. The molecular weight excluding hydrogens is 208 g/mol. The Hall–Kier alpha value is 0.270. The van der Waals surface area contributed by atoms with Crippen molar-refractivity contribution < 1.29 is 9.84 Å². The van der Waals surface area contributed by atoms with E-state index in [1.54, 1.807) is 0 Å². The maximum absolute atomic E-state index is 10.3. The van der Waals surface area contributed by atoms with E-state index < -0.39 is 5.60 Å². The van der Waals surface area contributed by atoms with Crippen molar-refractivity contribution >= 4 is 11.8 Å². The molecule has 0 bridgehead atoms. The SMILES string of the molecule is CC1(O)CCOCC1SC1CCCCC1. The average molecular weight is 230 g/mol. The van der Waals surface area contributed by atoms with Gasteiger partial charge in [-0.2, -0.15) is 0 Å². The van der Waals surface area contributed by atoms with E-state index in [4.69, 9.17) is 4.74 Å². The van der Waals surface area contributed by atoms with E-state index >= 15 is 0 Å². The van der Waals surface area contributed by atoms with Crippen molar-refractivity contribution in [2.45, 2.75) is 61.5 Å². The Labute approximate surface area is 96.8 Å². The van der Waals surface area contributed by atoms with Gasteiger partial charge in [-0.15, -0.1) is 11.8 Å². The smallest absolute Gasteiger partial charge is 0.0782 e. The topological polar surface area (TPSA) is 29.5 Å². The van der Waals surface area contributed by atoms with Crippen LogP contribution in [0, 0.1) is 0 Å². The molecule has 0 aromatic heterocycles. The maximum Gasteiger partial charge on any atom is 0.0782 e. The number of rotatable bonds is 2. The predicted molar refractivity (Wildman–Crippen MR) is 64.3 cm³/mol. The molecule has 0 aromatic rings. The predicted octanol–water partition coefficient (Wildman–Crippen LogP) is 2.59. The van der Waals surface area contributed by atoms with Gasteiger partial charge in [0, 0.05) is 18.3 Å². The number of hydrogen-bond acceptors (Lipinski definition) is 3. The van der Waals surface area contributed by atoms with E-state index in [-0.39, 0.29) is 5.25 Å². The monoisotopic (exact) mass is 230 g/mol. The summed E-state index contributed by atoms with van der Waals surface area (Å²) in [4.78, 5) is 0. The minimum atomic E-state index is -0.514. The van der Waals surface area contributed by atoms with Gasteiger partial charge in [-0.25, -0.2) is 0 Å². The van der Waals surface area contributed by atoms with Gasteiger partial charge in [0.2, 0.25) is 0 Å². The first-order valence-electron chi connectivity index (χ1n) is 6.14. The van der Waals surface area contributed by atoms with Crippen LogP contribution >= 0.6 is 11.8 Å². The lowest BCUT2D eigenvalue weighted by Crippen LogP contribution is -2.46. The van der Waals surface area contributed by atoms with Crippen LogP contribution < -0.4 is 0 Å². The Kier molecular flexibility index (Phi) is 3.97. The second-order valence-corrected chi connectivity index (χ2v) is 6.57. The molecule has 2 atom stereocenters. The summed E-state index contributed by atoms with van der Waals surface area (Å²) >= 11 is 1.97. The van der Waals surface area contributed by atoms with Gasteiger partial charge in [-0.3, -0.25) is 0 Å². The second-order valence-electron chi connectivity index (χ2n) is 5.07. The van der Waals surface area contributed by atoms with Crippen molar-refractivity contribution in [1.29, 1.82) is 0 Å². The van der Waals surface area contributed by atoms with Gasteiger partial charge in [-0.1, -0.05) is 19.3 Å². The van der Waals surface area contributed by atoms with E-state index in [0.29, 0.717) is 6.61 Å². The van der Waals surface area contributed by atoms with Crippen molar-refractivity contribution in [1.82, 2.24) is 0 Å². The van der Waals surface area contributed by atoms with Crippen LogP contribution in [0.1, 0.15) is 45.4 Å². The lowest BCUT2D eigenvalue weighted by molar-refractivity contribution is -0.0444. The number of thioether (sulfide) groups is 1. The van der Waals surface area contributed by atoms with Crippen molar-refractivity contribution in [3.8, 4) is 0 Å². The third kappa shape index (κ3) is 3.11. The summed E-state index contributed by atoms with van der Waals surface area (Å²) in [5.41, 5.74) is -0.514. The third-order valence-electron chi connectivity index (χ3n) is 3.62. The molecule has 2 rings (SSSR count). The fourth-order valence-electron chi connectivity index (χ4n) is 2.43. The van der Waals surface area contributed by atoms with Crippen LogP contribution in [0.5, 0.6) is 0 Å². The highest BCUT2D eigenvalue weighted by atomic mass is 32.2. The van der Waals surface area contributed by atoms with Crippen LogP contribution in [0.2, 0.25) is 0 Å². The van der Waals surface area contributed by atoms with Gasteiger partial charge in [0.25, 0.3) is 0 Å². The van der Waals surface area contributed by atoms with E-state index in [9.17, 15) is 5.11 Å². The Bertz CT molecular complexity index is 200. The molecule has 3 heteroatoms. The quantitative estimate of drug-likeness (QED) is 0.790. The first-order chi connectivity index (χ1) is 7.18. The van der Waals surface area contributed by atoms with Crippen LogP contribution in [0.15, 0.2) is 0 Å². The molecule has 0 spiro atoms. The standard InChI is InChI=1S/C12H22O2S/c1-12(13)7-8-14-9-11(12)15-10-5-3-2-4-6-10/h10-11,13H,2-9H2,1H3. The lowest BCUT2D eigenvalue weighted by atomic mass is 9.97. The van der Waals surface area contributed by atoms with E-state index in [0.717, 1.165) is 18.3 Å². The highest BCUT2D eigenvalue weighted by molar-refractivity contribution is 8.00. The second kappa shape index (κ2) is 5.07. The molecule has 88 valence electrons. The molecule has 1 saturated carbocycles. The summed E-state index contributed by atoms with van der Waals surface area (Å²) in [7, 11) is 0. The first-order valence-corrected chi connectivity index (χ1v) is 7.08. The van der Waals surface area contributed by atoms with Crippen LogP contribution in [-0.2, 0) is 4.74 Å². The fourth-order valence-corrected chi connectivity index (χ4v) is 4.08. The molecule has 1 heterocycles. The zero-order valence-electron chi connectivity index (χ0n) is 9.58. The fraction of sp³-hybridized carbons (Fsp3) is 1.00. The van der Waals surface area contributed by atoms with Crippen LogP contribution in [0.25, 0.3) is 0 Å². The zero-order chi connectivity index (χ0) is 10.7. The highest BCUT2D eigenvalue weighted by Crippen LogP contribution is 2.37. The summed E-state index contributed by atoms with van der Waals surface area (Å²) in [6.07, 6.45) is 7.58. The Balaban J connectivity index is 1.85. The normalized spacial score (nSPS) is 39.2. The van der Waals surface area contributed by atoms with Crippen molar-refractivity contribution in [2.75, 3.05) is 13.2 Å². The molecular formula is C12H22O2S. The van der Waals surface area contributed by atoms with Crippen molar-refractivity contribution in [3.05, 3.63) is 0 Å². The molecule has 2 unspecified atom stereocenters. The largest absolute Gasteiger partial charge is 0.389 e. The molecule has 1 aliphatic heterocycles. The molecule has 0 radical (unpaired) electrons. The average Bonchev–Trinajstić information content (AvgIpc) is 2.23. The van der Waals surface area contributed by atoms with E-state index in [1.165, 1.54) is 32.1 Å². The molecule has 0 aromatic carbocycles. The molecule has 1 saturated heterocycles. The summed E-state index contributed by atoms with van der Waals surface area (Å²) in [5, 5.41) is 11.3. The van der Waals surface area contributed by atoms with E-state index in [1.807, 2.05) is 18.7 Å². The van der Waals surface area contributed by atoms with Crippen LogP contribution in [0.4, 0.5) is 0 Å². The van der Waals surface area contributed by atoms with Crippen LogP contribution in [-0.4, -0.2) is 34.4 Å². The number of ether oxygens (including phenoxy) is 1. The molecule has 1 aliphatic carbocycles. The minimum absolute atomic E-state index is 0.286. The Morgan fingerprint density at radius 1 is 1.27 bits per heavy atom. The summed E-state index contributed by atoms with van der Waals surface area (Å²) < 4.78 is 5.48. The van der Waals surface area contributed by atoms with Gasteiger partial charge >= 0.3 is 0 Å². The lowest BCUT2D eigenvalue weighted by Gasteiger charge is -2.38. The molecule has 2 aliphatic rings. The third-order valence-corrected chi connectivity index (χ3v) is 5.45. The number of hydrogen-bond donors (Lipinski definition) is 1. The minimum Gasteiger partial charge on any atom is -0.389 e. The van der Waals surface area contributed by atoms with Gasteiger partial charge in [-0.05, 0) is 19.8 Å². The van der Waals surface area contributed by atoms with E-state index in [2.05, 4.69) is 0 Å². The Morgan fingerprint density at radius 3 is 2.67 bits per heavy atom. The Morgan fingerprint density at radius 2 is 2.00 bits per heavy atom. The molecule has 15 heavy (non-hydrogen) atoms. The highest BCUT2D eigenvalue weighted by Gasteiger charge is 2.37.